The number of carboxylic acids is 1. The molecule has 0 amide bonds. The summed E-state index contributed by atoms with van der Waals surface area (Å²) in [5, 5.41) is 23.1. The number of halogens is 2. The maximum absolute atomic E-state index is 11.4. The number of rotatable bonds is 6. The Balaban J connectivity index is 3.28. The summed E-state index contributed by atoms with van der Waals surface area (Å²) in [4.78, 5) is 21.7. The van der Waals surface area contributed by atoms with E-state index in [0.717, 1.165) is 6.07 Å². The molecule has 110 valence electrons. The molecule has 1 rings (SSSR count). The van der Waals surface area contributed by atoms with Crippen LogP contribution in [0, 0.1) is 10.1 Å². The number of carbonyl (C=O) groups is 1. The van der Waals surface area contributed by atoms with Gasteiger partial charge in [0.15, 0.2) is 0 Å². The molecule has 0 aliphatic carbocycles. The first-order chi connectivity index (χ1) is 9.21. The molecule has 0 bridgehead atoms. The van der Waals surface area contributed by atoms with E-state index in [9.17, 15) is 20.0 Å². The van der Waals surface area contributed by atoms with Crippen LogP contribution in [-0.2, 0) is 4.79 Å². The Morgan fingerprint density at radius 3 is 2.45 bits per heavy atom. The van der Waals surface area contributed by atoms with Gasteiger partial charge < -0.3 is 10.4 Å². The highest BCUT2D eigenvalue weighted by Gasteiger charge is 2.34. The SMILES string of the molecule is CCCC(C)(Nc1cc(Cl)c(Cl)cc1[N+](=O)[O-])C(=O)O. The second-order valence-corrected chi connectivity index (χ2v) is 5.37. The standard InChI is InChI=1S/C12H14Cl2N2O4/c1-3-4-12(2,11(17)18)15-9-5-7(13)8(14)6-10(9)16(19)20/h5-6,15H,3-4H2,1-2H3,(H,17,18). The fraction of sp³-hybridized carbons (Fsp3) is 0.417. The van der Waals surface area contributed by atoms with Crippen LogP contribution < -0.4 is 5.32 Å². The van der Waals surface area contributed by atoms with E-state index in [1.807, 2.05) is 6.92 Å². The first kappa shape index (κ1) is 16.5. The molecule has 0 radical (unpaired) electrons. The minimum absolute atomic E-state index is 0.0303. The van der Waals surface area contributed by atoms with E-state index in [1.165, 1.54) is 13.0 Å². The highest BCUT2D eigenvalue weighted by molar-refractivity contribution is 6.42. The van der Waals surface area contributed by atoms with E-state index in [4.69, 9.17) is 23.2 Å². The van der Waals surface area contributed by atoms with Crippen LogP contribution in [0.1, 0.15) is 26.7 Å². The lowest BCUT2D eigenvalue weighted by atomic mass is 9.95. The number of nitro benzene ring substituents is 1. The zero-order valence-electron chi connectivity index (χ0n) is 10.9. The normalized spacial score (nSPS) is 13.6. The number of nitrogens with one attached hydrogen (secondary N) is 1. The monoisotopic (exact) mass is 320 g/mol. The topological polar surface area (TPSA) is 92.5 Å². The number of nitro groups is 1. The van der Waals surface area contributed by atoms with Gasteiger partial charge in [0, 0.05) is 6.07 Å². The quantitative estimate of drug-likeness (QED) is 0.611. The maximum Gasteiger partial charge on any atom is 0.329 e. The third-order valence-electron chi connectivity index (χ3n) is 2.87. The van der Waals surface area contributed by atoms with Crippen molar-refractivity contribution in [1.82, 2.24) is 0 Å². The highest BCUT2D eigenvalue weighted by atomic mass is 35.5. The Hall–Kier alpha value is -1.53. The molecule has 1 aromatic carbocycles. The molecule has 1 aromatic rings. The first-order valence-corrected chi connectivity index (χ1v) is 6.62. The molecule has 0 spiro atoms. The zero-order valence-corrected chi connectivity index (χ0v) is 12.5. The molecule has 20 heavy (non-hydrogen) atoms. The van der Waals surface area contributed by atoms with Crippen molar-refractivity contribution in [2.75, 3.05) is 5.32 Å². The van der Waals surface area contributed by atoms with Crippen molar-refractivity contribution >= 4 is 40.5 Å². The summed E-state index contributed by atoms with van der Waals surface area (Å²) >= 11 is 11.6. The van der Waals surface area contributed by atoms with Gasteiger partial charge in [-0.2, -0.15) is 0 Å². The second-order valence-electron chi connectivity index (χ2n) is 4.55. The minimum atomic E-state index is -1.32. The smallest absolute Gasteiger partial charge is 0.329 e. The van der Waals surface area contributed by atoms with Crippen LogP contribution in [0.25, 0.3) is 0 Å². The van der Waals surface area contributed by atoms with Gasteiger partial charge in [-0.25, -0.2) is 4.79 Å². The average molecular weight is 321 g/mol. The van der Waals surface area contributed by atoms with E-state index < -0.39 is 16.4 Å². The van der Waals surface area contributed by atoms with Crippen molar-refractivity contribution in [2.24, 2.45) is 0 Å². The number of hydrogen-bond acceptors (Lipinski definition) is 4. The van der Waals surface area contributed by atoms with Gasteiger partial charge in [-0.1, -0.05) is 36.5 Å². The third-order valence-corrected chi connectivity index (χ3v) is 3.59. The fourth-order valence-electron chi connectivity index (χ4n) is 1.81. The molecular formula is C12H14Cl2N2O4. The van der Waals surface area contributed by atoms with Crippen LogP contribution in [0.15, 0.2) is 12.1 Å². The third kappa shape index (κ3) is 3.52. The molecule has 1 atom stereocenters. The Kier molecular flexibility index (Phi) is 5.19. The summed E-state index contributed by atoms with van der Waals surface area (Å²) in [6.45, 7) is 3.29. The summed E-state index contributed by atoms with van der Waals surface area (Å²) in [6, 6.07) is 2.36. The van der Waals surface area contributed by atoms with Crippen LogP contribution >= 0.6 is 23.2 Å². The molecule has 0 aromatic heterocycles. The number of carboxylic acid groups (broad SMARTS) is 1. The lowest BCUT2D eigenvalue weighted by molar-refractivity contribution is -0.384. The lowest BCUT2D eigenvalue weighted by Crippen LogP contribution is -2.43. The van der Waals surface area contributed by atoms with E-state index in [0.29, 0.717) is 12.8 Å². The van der Waals surface area contributed by atoms with Gasteiger partial charge in [-0.15, -0.1) is 0 Å². The number of hydrogen-bond donors (Lipinski definition) is 2. The Bertz CT molecular complexity index is 551. The molecular weight excluding hydrogens is 307 g/mol. The van der Waals surface area contributed by atoms with Crippen LogP contribution in [-0.4, -0.2) is 21.5 Å². The zero-order chi connectivity index (χ0) is 15.5. The predicted octanol–water partition coefficient (Wildman–Crippen LogP) is 3.96. The Morgan fingerprint density at radius 1 is 1.45 bits per heavy atom. The molecule has 2 N–H and O–H groups in total. The van der Waals surface area contributed by atoms with Gasteiger partial charge in [0.25, 0.3) is 5.69 Å². The van der Waals surface area contributed by atoms with Crippen molar-refractivity contribution in [2.45, 2.75) is 32.2 Å². The molecule has 8 heteroatoms. The lowest BCUT2D eigenvalue weighted by Gasteiger charge is -2.27. The van der Waals surface area contributed by atoms with E-state index in [1.54, 1.807) is 0 Å². The Morgan fingerprint density at radius 2 is 2.00 bits per heavy atom. The van der Waals surface area contributed by atoms with E-state index in [-0.39, 0.29) is 21.4 Å². The van der Waals surface area contributed by atoms with Crippen LogP contribution in [0.2, 0.25) is 10.0 Å². The summed E-state index contributed by atoms with van der Waals surface area (Å²) in [5.41, 5.74) is -1.61. The van der Waals surface area contributed by atoms with Crippen LogP contribution in [0.3, 0.4) is 0 Å². The summed E-state index contributed by atoms with van der Waals surface area (Å²) in [7, 11) is 0. The molecule has 0 aliphatic rings. The summed E-state index contributed by atoms with van der Waals surface area (Å²) < 4.78 is 0. The summed E-state index contributed by atoms with van der Waals surface area (Å²) in [5.74, 6) is -1.10. The van der Waals surface area contributed by atoms with Gasteiger partial charge in [0.05, 0.1) is 15.0 Å². The summed E-state index contributed by atoms with van der Waals surface area (Å²) in [6.07, 6.45) is 0.907. The van der Waals surface area contributed by atoms with Gasteiger partial charge >= 0.3 is 5.97 Å². The fourth-order valence-corrected chi connectivity index (χ4v) is 2.13. The van der Waals surface area contributed by atoms with Gasteiger partial charge in [-0.05, 0) is 19.4 Å². The number of nitrogens with zero attached hydrogens (tertiary/aromatic N) is 1. The minimum Gasteiger partial charge on any atom is -0.480 e. The van der Waals surface area contributed by atoms with Crippen molar-refractivity contribution in [3.05, 3.63) is 32.3 Å². The van der Waals surface area contributed by atoms with E-state index in [2.05, 4.69) is 5.32 Å². The Labute approximate surface area is 125 Å². The van der Waals surface area contributed by atoms with Gasteiger partial charge in [0.1, 0.15) is 11.2 Å². The molecule has 0 fully saturated rings. The number of aliphatic carboxylic acids is 1. The molecule has 0 heterocycles. The van der Waals surface area contributed by atoms with Crippen LogP contribution in [0.5, 0.6) is 0 Å². The first-order valence-electron chi connectivity index (χ1n) is 5.86. The van der Waals surface area contributed by atoms with Crippen molar-refractivity contribution < 1.29 is 14.8 Å². The predicted molar refractivity (Wildman–Crippen MR) is 77.7 cm³/mol. The number of anilines is 1. The second kappa shape index (κ2) is 6.28. The maximum atomic E-state index is 11.4. The highest BCUT2D eigenvalue weighted by Crippen LogP contribution is 2.36. The van der Waals surface area contributed by atoms with Crippen LogP contribution in [0.4, 0.5) is 11.4 Å². The van der Waals surface area contributed by atoms with Gasteiger partial charge in [-0.3, -0.25) is 10.1 Å². The molecule has 1 unspecified atom stereocenters. The van der Waals surface area contributed by atoms with Crippen molar-refractivity contribution in [3.63, 3.8) is 0 Å². The van der Waals surface area contributed by atoms with Crippen molar-refractivity contribution in [3.8, 4) is 0 Å². The molecule has 0 saturated carbocycles. The molecule has 0 saturated heterocycles. The average Bonchev–Trinajstić information content (AvgIpc) is 2.33. The van der Waals surface area contributed by atoms with Gasteiger partial charge in [0.2, 0.25) is 0 Å². The van der Waals surface area contributed by atoms with Crippen molar-refractivity contribution in [1.29, 1.82) is 0 Å². The molecule has 0 aliphatic heterocycles. The largest absolute Gasteiger partial charge is 0.480 e. The number of benzene rings is 1. The molecule has 6 nitrogen and oxygen atoms in total. The van der Waals surface area contributed by atoms with E-state index >= 15 is 0 Å².